The Balaban J connectivity index is 1.98. The molecule has 0 atom stereocenters. The van der Waals surface area contributed by atoms with E-state index >= 15 is 0 Å². The highest BCUT2D eigenvalue weighted by atomic mass is 16.5. The van der Waals surface area contributed by atoms with Crippen molar-refractivity contribution in [2.45, 2.75) is 51.0 Å². The minimum atomic E-state index is -0.785. The first-order valence-corrected chi connectivity index (χ1v) is 7.73. The summed E-state index contributed by atoms with van der Waals surface area (Å²) in [6.45, 7) is 2.62. The van der Waals surface area contributed by atoms with E-state index in [1.165, 1.54) is 0 Å². The predicted molar refractivity (Wildman–Crippen MR) is 80.4 cm³/mol. The third-order valence-electron chi connectivity index (χ3n) is 3.90. The molecular weight excluding hydrogens is 268 g/mol. The summed E-state index contributed by atoms with van der Waals surface area (Å²) in [4.78, 5) is 16.3. The number of ether oxygens (including phenoxy) is 1. The van der Waals surface area contributed by atoms with Crippen LogP contribution in [0.5, 0.6) is 5.75 Å². The highest BCUT2D eigenvalue weighted by molar-refractivity contribution is 5.94. The van der Waals surface area contributed by atoms with Crippen molar-refractivity contribution in [3.8, 4) is 5.75 Å². The summed E-state index contributed by atoms with van der Waals surface area (Å²) in [5, 5.41) is 13.4. The van der Waals surface area contributed by atoms with Crippen LogP contribution < -0.4 is 10.1 Å². The fourth-order valence-electron chi connectivity index (χ4n) is 2.73. The lowest BCUT2D eigenvalue weighted by molar-refractivity contribution is 0.0245. The monoisotopic (exact) mass is 292 g/mol. The zero-order chi connectivity index (χ0) is 15.1. The van der Waals surface area contributed by atoms with Crippen LogP contribution in [-0.2, 0) is 0 Å². The van der Waals surface area contributed by atoms with E-state index in [1.807, 2.05) is 6.92 Å². The lowest BCUT2D eigenvalue weighted by atomic mass is 9.94. The van der Waals surface area contributed by atoms with Gasteiger partial charge in [0.05, 0.1) is 12.2 Å². The van der Waals surface area contributed by atoms with Gasteiger partial charge in [-0.3, -0.25) is 4.79 Å². The van der Waals surface area contributed by atoms with E-state index in [0.717, 1.165) is 38.5 Å². The Morgan fingerprint density at radius 2 is 2.10 bits per heavy atom. The maximum absolute atomic E-state index is 12.2. The molecule has 2 N–H and O–H groups in total. The van der Waals surface area contributed by atoms with E-state index in [2.05, 4.69) is 10.3 Å². The van der Waals surface area contributed by atoms with Crippen LogP contribution in [0, 0.1) is 0 Å². The summed E-state index contributed by atoms with van der Waals surface area (Å²) in [5.74, 6) is 0.182. The number of nitrogens with one attached hydrogen (secondary N) is 1. The molecule has 0 spiro atoms. The highest BCUT2D eigenvalue weighted by Gasteiger charge is 2.29. The Hall–Kier alpha value is -1.62. The summed E-state index contributed by atoms with van der Waals surface area (Å²) in [5.41, 5.74) is -0.510. The van der Waals surface area contributed by atoms with Gasteiger partial charge in [0.25, 0.3) is 5.91 Å². The van der Waals surface area contributed by atoms with Crippen LogP contribution >= 0.6 is 0 Å². The van der Waals surface area contributed by atoms with Crippen LogP contribution in [0.3, 0.4) is 0 Å². The average molecular weight is 292 g/mol. The molecule has 1 heterocycles. The van der Waals surface area contributed by atoms with Crippen LogP contribution in [0.25, 0.3) is 0 Å². The van der Waals surface area contributed by atoms with E-state index in [-0.39, 0.29) is 18.1 Å². The van der Waals surface area contributed by atoms with E-state index in [1.54, 1.807) is 18.3 Å². The maximum atomic E-state index is 12.2. The standard InChI is InChI=1S/C16H24N2O3/c1-2-21-13-8-7-11-17-14(13)15(19)18-12-16(20)9-5-3-4-6-10-16/h7-8,11,20H,2-6,9-10,12H2,1H3,(H,18,19). The Morgan fingerprint density at radius 3 is 2.76 bits per heavy atom. The molecule has 5 heteroatoms. The summed E-state index contributed by atoms with van der Waals surface area (Å²) in [6.07, 6.45) is 7.40. The van der Waals surface area contributed by atoms with Gasteiger partial charge in [-0.25, -0.2) is 4.98 Å². The van der Waals surface area contributed by atoms with E-state index < -0.39 is 5.60 Å². The number of hydrogen-bond donors (Lipinski definition) is 2. The molecule has 5 nitrogen and oxygen atoms in total. The van der Waals surface area contributed by atoms with Crippen LogP contribution in [0.15, 0.2) is 18.3 Å². The Kier molecular flexibility index (Phi) is 5.56. The van der Waals surface area contributed by atoms with Crippen LogP contribution in [0.2, 0.25) is 0 Å². The number of nitrogens with zero attached hydrogens (tertiary/aromatic N) is 1. The molecule has 0 unspecified atom stereocenters. The van der Waals surface area contributed by atoms with E-state index in [0.29, 0.717) is 12.4 Å². The van der Waals surface area contributed by atoms with Crippen molar-refractivity contribution >= 4 is 5.91 Å². The molecule has 1 amide bonds. The topological polar surface area (TPSA) is 71.5 Å². The van der Waals surface area contributed by atoms with Crippen LogP contribution in [-0.4, -0.2) is 34.8 Å². The van der Waals surface area contributed by atoms with Gasteiger partial charge in [-0.15, -0.1) is 0 Å². The third kappa shape index (κ3) is 4.43. The van der Waals surface area contributed by atoms with Crippen molar-refractivity contribution < 1.29 is 14.6 Å². The summed E-state index contributed by atoms with van der Waals surface area (Å²) < 4.78 is 5.41. The molecule has 1 saturated carbocycles. The predicted octanol–water partition coefficient (Wildman–Crippen LogP) is 2.30. The number of carbonyl (C=O) groups excluding carboxylic acids is 1. The number of aliphatic hydroxyl groups is 1. The van der Waals surface area contributed by atoms with Gasteiger partial charge in [-0.1, -0.05) is 25.7 Å². The molecule has 0 saturated heterocycles. The van der Waals surface area contributed by atoms with Gasteiger partial charge in [-0.05, 0) is 31.9 Å². The zero-order valence-corrected chi connectivity index (χ0v) is 12.6. The molecule has 0 aliphatic heterocycles. The maximum Gasteiger partial charge on any atom is 0.273 e. The second kappa shape index (κ2) is 7.41. The minimum Gasteiger partial charge on any atom is -0.491 e. The third-order valence-corrected chi connectivity index (χ3v) is 3.90. The van der Waals surface area contributed by atoms with Gasteiger partial charge in [-0.2, -0.15) is 0 Å². The molecule has 2 rings (SSSR count). The molecule has 1 aromatic heterocycles. The number of hydrogen-bond acceptors (Lipinski definition) is 4. The van der Waals surface area contributed by atoms with Crippen molar-refractivity contribution in [3.63, 3.8) is 0 Å². The van der Waals surface area contributed by atoms with Crippen LogP contribution in [0.1, 0.15) is 55.9 Å². The molecule has 1 fully saturated rings. The quantitative estimate of drug-likeness (QED) is 0.817. The number of carbonyl (C=O) groups is 1. The van der Waals surface area contributed by atoms with Gasteiger partial charge < -0.3 is 15.2 Å². The first-order valence-electron chi connectivity index (χ1n) is 7.73. The second-order valence-electron chi connectivity index (χ2n) is 5.60. The Morgan fingerprint density at radius 1 is 1.38 bits per heavy atom. The fourth-order valence-corrected chi connectivity index (χ4v) is 2.73. The molecule has 116 valence electrons. The highest BCUT2D eigenvalue weighted by Crippen LogP contribution is 2.26. The van der Waals surface area contributed by atoms with Crippen molar-refractivity contribution in [2.24, 2.45) is 0 Å². The molecular formula is C16H24N2O3. The van der Waals surface area contributed by atoms with Gasteiger partial charge in [0, 0.05) is 12.7 Å². The van der Waals surface area contributed by atoms with Gasteiger partial charge in [0.2, 0.25) is 0 Å². The van der Waals surface area contributed by atoms with Crippen molar-refractivity contribution in [1.29, 1.82) is 0 Å². The van der Waals surface area contributed by atoms with E-state index in [4.69, 9.17) is 4.74 Å². The Bertz CT molecular complexity index is 468. The van der Waals surface area contributed by atoms with Crippen molar-refractivity contribution in [2.75, 3.05) is 13.2 Å². The number of pyridine rings is 1. The fraction of sp³-hybridized carbons (Fsp3) is 0.625. The van der Waals surface area contributed by atoms with Crippen molar-refractivity contribution in [1.82, 2.24) is 10.3 Å². The smallest absolute Gasteiger partial charge is 0.273 e. The number of amides is 1. The van der Waals surface area contributed by atoms with Crippen molar-refractivity contribution in [3.05, 3.63) is 24.0 Å². The zero-order valence-electron chi connectivity index (χ0n) is 12.6. The van der Waals surface area contributed by atoms with Crippen LogP contribution in [0.4, 0.5) is 0 Å². The summed E-state index contributed by atoms with van der Waals surface area (Å²) >= 11 is 0. The normalized spacial score (nSPS) is 17.8. The summed E-state index contributed by atoms with van der Waals surface area (Å²) in [7, 11) is 0. The molecule has 0 bridgehead atoms. The first kappa shape index (κ1) is 15.8. The largest absolute Gasteiger partial charge is 0.491 e. The second-order valence-corrected chi connectivity index (χ2v) is 5.60. The molecule has 1 aliphatic carbocycles. The SMILES string of the molecule is CCOc1cccnc1C(=O)NCC1(O)CCCCCC1. The lowest BCUT2D eigenvalue weighted by Crippen LogP contribution is -2.42. The van der Waals surface area contributed by atoms with Gasteiger partial charge in [0.1, 0.15) is 0 Å². The number of rotatable bonds is 5. The molecule has 21 heavy (non-hydrogen) atoms. The molecule has 1 aromatic rings. The average Bonchev–Trinajstić information content (AvgIpc) is 2.71. The number of aromatic nitrogens is 1. The molecule has 0 aromatic carbocycles. The Labute approximate surface area is 125 Å². The van der Waals surface area contributed by atoms with E-state index in [9.17, 15) is 9.90 Å². The van der Waals surface area contributed by atoms with Gasteiger partial charge in [0.15, 0.2) is 11.4 Å². The van der Waals surface area contributed by atoms with Gasteiger partial charge >= 0.3 is 0 Å². The first-order chi connectivity index (χ1) is 10.1. The molecule has 1 aliphatic rings. The summed E-state index contributed by atoms with van der Waals surface area (Å²) in [6, 6.07) is 3.46. The minimum absolute atomic E-state index is 0.272. The lowest BCUT2D eigenvalue weighted by Gasteiger charge is -2.26. The molecule has 0 radical (unpaired) electrons.